The molecule has 19 heavy (non-hydrogen) atoms. The highest BCUT2D eigenvalue weighted by atomic mass is 16.3. The summed E-state index contributed by atoms with van der Waals surface area (Å²) in [4.78, 5) is 0. The van der Waals surface area contributed by atoms with Crippen molar-refractivity contribution in [1.82, 2.24) is 0 Å². The van der Waals surface area contributed by atoms with Gasteiger partial charge in [-0.3, -0.25) is 0 Å². The summed E-state index contributed by atoms with van der Waals surface area (Å²) in [6, 6.07) is 8.84. The molecule has 1 atom stereocenters. The first-order valence-corrected chi connectivity index (χ1v) is 7.54. The molecule has 0 heterocycles. The summed E-state index contributed by atoms with van der Waals surface area (Å²) in [5.74, 6) is 0.852. The molecule has 0 amide bonds. The Labute approximate surface area is 117 Å². The largest absolute Gasteiger partial charge is 0.396 e. The zero-order valence-corrected chi connectivity index (χ0v) is 12.2. The van der Waals surface area contributed by atoms with Crippen LogP contribution in [0.2, 0.25) is 0 Å². The molecule has 2 nitrogen and oxygen atoms in total. The molecule has 0 aliphatic heterocycles. The van der Waals surface area contributed by atoms with Crippen molar-refractivity contribution in [3.63, 3.8) is 0 Å². The Morgan fingerprint density at radius 3 is 2.05 bits per heavy atom. The molecule has 2 rings (SSSR count). The highest BCUT2D eigenvalue weighted by Crippen LogP contribution is 2.48. The van der Waals surface area contributed by atoms with Crippen molar-refractivity contribution in [1.29, 1.82) is 0 Å². The van der Waals surface area contributed by atoms with E-state index in [0.29, 0.717) is 18.4 Å². The summed E-state index contributed by atoms with van der Waals surface area (Å²) in [6.45, 7) is 5.31. The Kier molecular flexibility index (Phi) is 4.64. The number of aliphatic hydroxyl groups excluding tert-OH is 1. The quantitative estimate of drug-likeness (QED) is 0.853. The summed E-state index contributed by atoms with van der Waals surface area (Å²) in [5, 5.41) is 9.87. The standard InChI is InChI=1S/C17H27NO/c1-13(2)14-5-7-15(8-6-14)16(11-18)17(12-19)9-3-4-10-17/h5-8,13,16,19H,3-4,9-12,18H2,1-2H3. The molecule has 3 N–H and O–H groups in total. The number of rotatable bonds is 5. The van der Waals surface area contributed by atoms with Crippen LogP contribution in [0.1, 0.15) is 62.5 Å². The predicted molar refractivity (Wildman–Crippen MR) is 80.3 cm³/mol. The molecule has 1 unspecified atom stereocenters. The Balaban J connectivity index is 2.26. The third kappa shape index (κ3) is 2.85. The smallest absolute Gasteiger partial charge is 0.0493 e. The average Bonchev–Trinajstić information content (AvgIpc) is 2.90. The first-order valence-electron chi connectivity index (χ1n) is 7.54. The van der Waals surface area contributed by atoms with Gasteiger partial charge in [-0.25, -0.2) is 0 Å². The number of aliphatic hydroxyl groups is 1. The van der Waals surface area contributed by atoms with E-state index in [-0.39, 0.29) is 12.0 Å². The van der Waals surface area contributed by atoms with Crippen LogP contribution in [-0.2, 0) is 0 Å². The van der Waals surface area contributed by atoms with Crippen LogP contribution >= 0.6 is 0 Å². The minimum Gasteiger partial charge on any atom is -0.396 e. The molecule has 1 fully saturated rings. The van der Waals surface area contributed by atoms with Crippen molar-refractivity contribution < 1.29 is 5.11 Å². The summed E-state index contributed by atoms with van der Waals surface area (Å²) in [6.07, 6.45) is 4.66. The van der Waals surface area contributed by atoms with Gasteiger partial charge in [-0.05, 0) is 36.4 Å². The third-order valence-corrected chi connectivity index (χ3v) is 4.89. The van der Waals surface area contributed by atoms with E-state index in [1.54, 1.807) is 0 Å². The first-order chi connectivity index (χ1) is 9.13. The van der Waals surface area contributed by atoms with Gasteiger partial charge in [0.1, 0.15) is 0 Å². The molecule has 0 bridgehead atoms. The van der Waals surface area contributed by atoms with Gasteiger partial charge in [-0.2, -0.15) is 0 Å². The summed E-state index contributed by atoms with van der Waals surface area (Å²) < 4.78 is 0. The second kappa shape index (κ2) is 6.06. The Morgan fingerprint density at radius 1 is 1.11 bits per heavy atom. The lowest BCUT2D eigenvalue weighted by molar-refractivity contribution is 0.103. The minimum absolute atomic E-state index is 0.0219. The van der Waals surface area contributed by atoms with Gasteiger partial charge in [0.2, 0.25) is 0 Å². The maximum Gasteiger partial charge on any atom is 0.0493 e. The minimum atomic E-state index is 0.0219. The summed E-state index contributed by atoms with van der Waals surface area (Å²) in [7, 11) is 0. The van der Waals surface area contributed by atoms with Crippen LogP contribution in [0.3, 0.4) is 0 Å². The lowest BCUT2D eigenvalue weighted by atomic mass is 9.71. The van der Waals surface area contributed by atoms with Gasteiger partial charge < -0.3 is 10.8 Å². The average molecular weight is 261 g/mol. The van der Waals surface area contributed by atoms with Crippen LogP contribution in [0.15, 0.2) is 24.3 Å². The third-order valence-electron chi connectivity index (χ3n) is 4.89. The van der Waals surface area contributed by atoms with Crippen molar-refractivity contribution in [2.24, 2.45) is 11.1 Å². The van der Waals surface area contributed by atoms with E-state index in [9.17, 15) is 5.11 Å². The highest BCUT2D eigenvalue weighted by Gasteiger charge is 2.40. The van der Waals surface area contributed by atoms with Crippen molar-refractivity contribution in [3.8, 4) is 0 Å². The molecule has 0 spiro atoms. The Morgan fingerprint density at radius 2 is 1.63 bits per heavy atom. The van der Waals surface area contributed by atoms with Crippen molar-refractivity contribution in [2.45, 2.75) is 51.4 Å². The van der Waals surface area contributed by atoms with E-state index in [1.165, 1.54) is 24.0 Å². The fraction of sp³-hybridized carbons (Fsp3) is 0.647. The molecule has 2 heteroatoms. The molecule has 1 aliphatic rings. The van der Waals surface area contributed by atoms with E-state index in [0.717, 1.165) is 12.8 Å². The van der Waals surface area contributed by atoms with E-state index in [1.807, 2.05) is 0 Å². The zero-order valence-electron chi connectivity index (χ0n) is 12.2. The highest BCUT2D eigenvalue weighted by molar-refractivity contribution is 5.29. The predicted octanol–water partition coefficient (Wildman–Crippen LogP) is 3.41. The summed E-state index contributed by atoms with van der Waals surface area (Å²) >= 11 is 0. The SMILES string of the molecule is CC(C)c1ccc(C(CN)C2(CO)CCCC2)cc1. The Hall–Kier alpha value is -0.860. The second-order valence-corrected chi connectivity index (χ2v) is 6.34. The van der Waals surface area contributed by atoms with Crippen molar-refractivity contribution in [3.05, 3.63) is 35.4 Å². The second-order valence-electron chi connectivity index (χ2n) is 6.34. The van der Waals surface area contributed by atoms with Gasteiger partial charge in [0.05, 0.1) is 0 Å². The van der Waals surface area contributed by atoms with Crippen LogP contribution in [0.25, 0.3) is 0 Å². The lowest BCUT2D eigenvalue weighted by Gasteiger charge is -2.36. The lowest BCUT2D eigenvalue weighted by Crippen LogP contribution is -2.34. The molecule has 0 aromatic heterocycles. The number of hydrogen-bond donors (Lipinski definition) is 2. The maximum atomic E-state index is 9.87. The van der Waals surface area contributed by atoms with E-state index in [4.69, 9.17) is 5.73 Å². The number of benzene rings is 1. The van der Waals surface area contributed by atoms with Gasteiger partial charge in [0, 0.05) is 17.9 Å². The molecule has 0 saturated heterocycles. The molecule has 106 valence electrons. The van der Waals surface area contributed by atoms with Crippen LogP contribution in [0.5, 0.6) is 0 Å². The molecular formula is C17H27NO. The van der Waals surface area contributed by atoms with E-state index < -0.39 is 0 Å². The van der Waals surface area contributed by atoms with Gasteiger partial charge in [-0.15, -0.1) is 0 Å². The van der Waals surface area contributed by atoms with Crippen LogP contribution in [0.4, 0.5) is 0 Å². The first kappa shape index (κ1) is 14.5. The van der Waals surface area contributed by atoms with E-state index in [2.05, 4.69) is 38.1 Å². The van der Waals surface area contributed by atoms with Gasteiger partial charge in [0.25, 0.3) is 0 Å². The van der Waals surface area contributed by atoms with Gasteiger partial charge in [0.15, 0.2) is 0 Å². The van der Waals surface area contributed by atoms with Crippen molar-refractivity contribution >= 4 is 0 Å². The molecule has 1 aliphatic carbocycles. The number of hydrogen-bond acceptors (Lipinski definition) is 2. The van der Waals surface area contributed by atoms with Crippen LogP contribution in [0, 0.1) is 5.41 Å². The fourth-order valence-corrected chi connectivity index (χ4v) is 3.55. The van der Waals surface area contributed by atoms with Crippen molar-refractivity contribution in [2.75, 3.05) is 13.2 Å². The monoisotopic (exact) mass is 261 g/mol. The summed E-state index contributed by atoms with van der Waals surface area (Å²) in [5.41, 5.74) is 8.71. The topological polar surface area (TPSA) is 46.2 Å². The fourth-order valence-electron chi connectivity index (χ4n) is 3.55. The molecular weight excluding hydrogens is 234 g/mol. The van der Waals surface area contributed by atoms with Gasteiger partial charge in [-0.1, -0.05) is 51.0 Å². The molecule has 1 aromatic carbocycles. The van der Waals surface area contributed by atoms with E-state index >= 15 is 0 Å². The Bertz CT molecular complexity index is 390. The maximum absolute atomic E-state index is 9.87. The number of nitrogens with two attached hydrogens (primary N) is 1. The zero-order chi connectivity index (χ0) is 13.9. The normalized spacial score (nSPS) is 19.8. The van der Waals surface area contributed by atoms with Crippen LogP contribution < -0.4 is 5.73 Å². The van der Waals surface area contributed by atoms with Gasteiger partial charge >= 0.3 is 0 Å². The van der Waals surface area contributed by atoms with Crippen LogP contribution in [-0.4, -0.2) is 18.3 Å². The molecule has 1 aromatic rings. The molecule has 1 saturated carbocycles. The molecule has 0 radical (unpaired) electrons.